The number of carboxylic acid groups (broad SMARTS) is 1. The average molecular weight is 344 g/mol. The maximum atomic E-state index is 13.4. The van der Waals surface area contributed by atoms with Crippen molar-refractivity contribution in [1.82, 2.24) is 4.90 Å². The smallest absolute Gasteiger partial charge is 0.321 e. The van der Waals surface area contributed by atoms with Gasteiger partial charge in [-0.25, -0.2) is 4.39 Å². The fraction of sp³-hybridized carbons (Fsp3) is 0.533. The van der Waals surface area contributed by atoms with Crippen molar-refractivity contribution in [3.05, 3.63) is 34.1 Å². The van der Waals surface area contributed by atoms with Gasteiger partial charge in [0.1, 0.15) is 11.9 Å². The van der Waals surface area contributed by atoms with Crippen molar-refractivity contribution in [2.24, 2.45) is 5.41 Å². The van der Waals surface area contributed by atoms with Gasteiger partial charge in [0, 0.05) is 11.0 Å². The summed E-state index contributed by atoms with van der Waals surface area (Å²) in [6.45, 7) is 5.16. The van der Waals surface area contributed by atoms with E-state index in [1.165, 1.54) is 12.1 Å². The first-order chi connectivity index (χ1) is 9.29. The molecule has 3 nitrogen and oxygen atoms in total. The lowest BCUT2D eigenvalue weighted by atomic mass is 9.76. The Morgan fingerprint density at radius 1 is 1.50 bits per heavy atom. The molecule has 1 aliphatic rings. The lowest BCUT2D eigenvalue weighted by Crippen LogP contribution is -2.53. The third-order valence-electron chi connectivity index (χ3n) is 3.91. The summed E-state index contributed by atoms with van der Waals surface area (Å²) in [6.07, 6.45) is 1.86. The SMILES string of the molecule is CC1(C)CCCN(Cc2cc(F)cc(Br)c2)C1C(=O)O. The van der Waals surface area contributed by atoms with Gasteiger partial charge in [-0.2, -0.15) is 0 Å². The molecule has 2 rings (SSSR count). The number of hydrogen-bond donors (Lipinski definition) is 1. The monoisotopic (exact) mass is 343 g/mol. The van der Waals surface area contributed by atoms with Gasteiger partial charge < -0.3 is 5.11 Å². The highest BCUT2D eigenvalue weighted by atomic mass is 79.9. The van der Waals surface area contributed by atoms with Crippen molar-refractivity contribution < 1.29 is 14.3 Å². The maximum absolute atomic E-state index is 13.4. The van der Waals surface area contributed by atoms with Gasteiger partial charge in [-0.15, -0.1) is 0 Å². The van der Waals surface area contributed by atoms with Crippen LogP contribution in [0.3, 0.4) is 0 Å². The predicted octanol–water partition coefficient (Wildman–Crippen LogP) is 3.66. The van der Waals surface area contributed by atoms with Gasteiger partial charge >= 0.3 is 5.97 Å². The van der Waals surface area contributed by atoms with Crippen LogP contribution in [-0.2, 0) is 11.3 Å². The second-order valence-corrected chi connectivity index (χ2v) is 7.00. The number of nitrogens with zero attached hydrogens (tertiary/aromatic N) is 1. The summed E-state index contributed by atoms with van der Waals surface area (Å²) in [5.74, 6) is -1.11. The molecule has 1 heterocycles. The van der Waals surface area contributed by atoms with Crippen LogP contribution in [0.5, 0.6) is 0 Å². The van der Waals surface area contributed by atoms with E-state index in [2.05, 4.69) is 15.9 Å². The van der Waals surface area contributed by atoms with E-state index in [4.69, 9.17) is 0 Å². The Kier molecular flexibility index (Phi) is 4.49. The minimum atomic E-state index is -0.801. The summed E-state index contributed by atoms with van der Waals surface area (Å²) < 4.78 is 14.1. The maximum Gasteiger partial charge on any atom is 0.321 e. The van der Waals surface area contributed by atoms with Gasteiger partial charge in [0.05, 0.1) is 0 Å². The molecule has 0 aromatic heterocycles. The third kappa shape index (κ3) is 3.38. The topological polar surface area (TPSA) is 40.5 Å². The molecule has 1 unspecified atom stereocenters. The molecule has 1 saturated heterocycles. The fourth-order valence-electron chi connectivity index (χ4n) is 3.10. The lowest BCUT2D eigenvalue weighted by Gasteiger charge is -2.44. The van der Waals surface area contributed by atoms with E-state index >= 15 is 0 Å². The Balaban J connectivity index is 2.24. The Morgan fingerprint density at radius 2 is 2.20 bits per heavy atom. The van der Waals surface area contributed by atoms with Crippen LogP contribution in [0.2, 0.25) is 0 Å². The van der Waals surface area contributed by atoms with E-state index < -0.39 is 12.0 Å². The molecular formula is C15H19BrFNO2. The van der Waals surface area contributed by atoms with Gasteiger partial charge in [0.25, 0.3) is 0 Å². The molecule has 5 heteroatoms. The molecular weight excluding hydrogens is 325 g/mol. The molecule has 110 valence electrons. The predicted molar refractivity (Wildman–Crippen MR) is 78.9 cm³/mol. The Morgan fingerprint density at radius 3 is 2.80 bits per heavy atom. The molecule has 0 radical (unpaired) electrons. The van der Waals surface area contributed by atoms with Crippen LogP contribution in [0, 0.1) is 11.2 Å². The molecule has 0 aliphatic carbocycles. The number of piperidine rings is 1. The Labute approximate surface area is 126 Å². The van der Waals surface area contributed by atoms with Crippen LogP contribution in [0.15, 0.2) is 22.7 Å². The highest BCUT2D eigenvalue weighted by Crippen LogP contribution is 2.36. The number of carboxylic acids is 1. The number of hydrogen-bond acceptors (Lipinski definition) is 2. The number of halogens is 2. The first-order valence-electron chi connectivity index (χ1n) is 6.71. The molecule has 0 bridgehead atoms. The van der Waals surface area contributed by atoms with E-state index in [0.717, 1.165) is 24.9 Å². The number of rotatable bonds is 3. The standard InChI is InChI=1S/C15H19BrFNO2/c1-15(2)4-3-5-18(13(15)14(19)20)9-10-6-11(16)8-12(17)7-10/h6-8,13H,3-5,9H2,1-2H3,(H,19,20). The quantitative estimate of drug-likeness (QED) is 0.910. The van der Waals surface area contributed by atoms with Crippen LogP contribution in [0.1, 0.15) is 32.3 Å². The summed E-state index contributed by atoms with van der Waals surface area (Å²) >= 11 is 3.27. The Hall–Kier alpha value is -0.940. The second-order valence-electron chi connectivity index (χ2n) is 6.08. The summed E-state index contributed by atoms with van der Waals surface area (Å²) in [5, 5.41) is 9.51. The van der Waals surface area contributed by atoms with Crippen molar-refractivity contribution in [2.45, 2.75) is 39.3 Å². The Bertz CT molecular complexity index is 498. The third-order valence-corrected chi connectivity index (χ3v) is 4.37. The molecule has 0 spiro atoms. The molecule has 20 heavy (non-hydrogen) atoms. The number of carbonyl (C=O) groups is 1. The van der Waals surface area contributed by atoms with Gasteiger partial charge in [0.15, 0.2) is 0 Å². The highest BCUT2D eigenvalue weighted by Gasteiger charge is 2.42. The molecule has 1 aromatic carbocycles. The number of benzene rings is 1. The summed E-state index contributed by atoms with van der Waals surface area (Å²) in [5.41, 5.74) is 0.523. The normalized spacial score (nSPS) is 22.7. The number of likely N-dealkylation sites (tertiary alicyclic amines) is 1. The zero-order valence-corrected chi connectivity index (χ0v) is 13.3. The van der Waals surface area contributed by atoms with E-state index in [9.17, 15) is 14.3 Å². The van der Waals surface area contributed by atoms with E-state index in [0.29, 0.717) is 11.0 Å². The van der Waals surface area contributed by atoms with Crippen molar-refractivity contribution in [1.29, 1.82) is 0 Å². The molecule has 1 N–H and O–H groups in total. The average Bonchev–Trinajstić information content (AvgIpc) is 2.25. The zero-order valence-electron chi connectivity index (χ0n) is 11.7. The van der Waals surface area contributed by atoms with Crippen molar-refractivity contribution in [3.63, 3.8) is 0 Å². The molecule has 1 fully saturated rings. The second kappa shape index (κ2) is 5.82. The summed E-state index contributed by atoms with van der Waals surface area (Å²) in [4.78, 5) is 13.5. The summed E-state index contributed by atoms with van der Waals surface area (Å²) in [7, 11) is 0. The molecule has 1 aromatic rings. The van der Waals surface area contributed by atoms with E-state index in [1.54, 1.807) is 0 Å². The zero-order chi connectivity index (χ0) is 14.9. The van der Waals surface area contributed by atoms with E-state index in [-0.39, 0.29) is 11.2 Å². The fourth-order valence-corrected chi connectivity index (χ4v) is 3.61. The first-order valence-corrected chi connectivity index (χ1v) is 7.51. The van der Waals surface area contributed by atoms with Crippen LogP contribution in [0.4, 0.5) is 4.39 Å². The van der Waals surface area contributed by atoms with Gasteiger partial charge in [-0.3, -0.25) is 9.69 Å². The first kappa shape index (κ1) is 15.4. The van der Waals surface area contributed by atoms with Gasteiger partial charge in [-0.05, 0) is 48.6 Å². The van der Waals surface area contributed by atoms with Crippen molar-refractivity contribution >= 4 is 21.9 Å². The lowest BCUT2D eigenvalue weighted by molar-refractivity contribution is -0.151. The largest absolute Gasteiger partial charge is 0.480 e. The minimum absolute atomic E-state index is 0.269. The minimum Gasteiger partial charge on any atom is -0.480 e. The van der Waals surface area contributed by atoms with Crippen LogP contribution < -0.4 is 0 Å². The summed E-state index contributed by atoms with van der Waals surface area (Å²) in [6, 6.07) is 4.17. The van der Waals surface area contributed by atoms with E-state index in [1.807, 2.05) is 24.8 Å². The van der Waals surface area contributed by atoms with Crippen LogP contribution in [-0.4, -0.2) is 28.6 Å². The highest BCUT2D eigenvalue weighted by molar-refractivity contribution is 9.10. The molecule has 1 atom stereocenters. The van der Waals surface area contributed by atoms with Crippen molar-refractivity contribution in [2.75, 3.05) is 6.54 Å². The van der Waals surface area contributed by atoms with Crippen molar-refractivity contribution in [3.8, 4) is 0 Å². The molecule has 0 saturated carbocycles. The molecule has 0 amide bonds. The number of aliphatic carboxylic acids is 1. The van der Waals surface area contributed by atoms with Gasteiger partial charge in [-0.1, -0.05) is 29.8 Å². The van der Waals surface area contributed by atoms with Crippen LogP contribution in [0.25, 0.3) is 0 Å². The molecule has 1 aliphatic heterocycles. The van der Waals surface area contributed by atoms with Crippen LogP contribution >= 0.6 is 15.9 Å². The van der Waals surface area contributed by atoms with Gasteiger partial charge in [0.2, 0.25) is 0 Å².